The minimum Gasteiger partial charge on any atom is -0.483 e. The van der Waals surface area contributed by atoms with Gasteiger partial charge in [-0.2, -0.15) is 0 Å². The number of ether oxygens (including phenoxy) is 2. The smallest absolute Gasteiger partial charge is 0.234 e. The molecular formula is C27H26ClFN4O3S2. The van der Waals surface area contributed by atoms with E-state index < -0.39 is 5.82 Å². The quantitative estimate of drug-likeness (QED) is 0.188. The number of para-hydroxylation sites is 2. The number of benzene rings is 3. The molecule has 1 heterocycles. The molecule has 0 unspecified atom stereocenters. The van der Waals surface area contributed by atoms with Crippen molar-refractivity contribution in [2.24, 2.45) is 0 Å². The SMILES string of the molecule is COC[C@@H](C)n1c(COc2ccccc2F)nnc1SCC(=O)Nc1ccccc1Sc1ccc(Cl)cc1. The second-order valence-electron chi connectivity index (χ2n) is 8.18. The summed E-state index contributed by atoms with van der Waals surface area (Å²) < 4.78 is 26.8. The molecule has 0 saturated heterocycles. The van der Waals surface area contributed by atoms with E-state index in [1.54, 1.807) is 25.3 Å². The van der Waals surface area contributed by atoms with Crippen LogP contribution in [0.1, 0.15) is 18.8 Å². The number of hydrogen-bond donors (Lipinski definition) is 1. The highest BCUT2D eigenvalue weighted by Crippen LogP contribution is 2.34. The van der Waals surface area contributed by atoms with Crippen LogP contribution in [0.15, 0.2) is 87.7 Å². The van der Waals surface area contributed by atoms with Crippen LogP contribution < -0.4 is 10.1 Å². The number of carbonyl (C=O) groups is 1. The number of aromatic nitrogens is 3. The zero-order valence-corrected chi connectivity index (χ0v) is 23.2. The number of anilines is 1. The normalized spacial score (nSPS) is 11.8. The Hall–Kier alpha value is -3.05. The van der Waals surface area contributed by atoms with Gasteiger partial charge in [-0.1, -0.05) is 59.4 Å². The standard InChI is InChI=1S/C27H26ClFN4O3S2/c1-18(15-35-2)33-25(16-36-23-9-5-3-7-21(23)29)31-32-27(33)37-17-26(34)30-22-8-4-6-10-24(22)38-20-13-11-19(28)12-14-20/h3-14,18H,15-17H2,1-2H3,(H,30,34)/t18-/m1/s1. The molecule has 0 aliphatic carbocycles. The van der Waals surface area contributed by atoms with E-state index in [9.17, 15) is 9.18 Å². The topological polar surface area (TPSA) is 78.3 Å². The van der Waals surface area contributed by atoms with Gasteiger partial charge in [0.2, 0.25) is 5.91 Å². The van der Waals surface area contributed by atoms with Gasteiger partial charge in [0.05, 0.1) is 24.1 Å². The number of amides is 1. The van der Waals surface area contributed by atoms with Crippen molar-refractivity contribution < 1.29 is 18.7 Å². The highest BCUT2D eigenvalue weighted by Gasteiger charge is 2.20. The molecule has 198 valence electrons. The molecule has 7 nitrogen and oxygen atoms in total. The third-order valence-electron chi connectivity index (χ3n) is 5.31. The molecule has 1 amide bonds. The van der Waals surface area contributed by atoms with E-state index in [1.807, 2.05) is 60.0 Å². The van der Waals surface area contributed by atoms with Gasteiger partial charge in [0.1, 0.15) is 6.61 Å². The number of rotatable bonds is 12. The second-order valence-corrected chi connectivity index (χ2v) is 10.7. The zero-order valence-electron chi connectivity index (χ0n) is 20.8. The molecule has 0 aliphatic heterocycles. The van der Waals surface area contributed by atoms with Gasteiger partial charge in [-0.05, 0) is 55.5 Å². The van der Waals surface area contributed by atoms with Crippen molar-refractivity contribution in [2.75, 3.05) is 24.8 Å². The lowest BCUT2D eigenvalue weighted by molar-refractivity contribution is -0.113. The molecule has 1 atom stereocenters. The van der Waals surface area contributed by atoms with Crippen LogP contribution in [-0.2, 0) is 16.1 Å². The van der Waals surface area contributed by atoms with Crippen molar-refractivity contribution in [1.29, 1.82) is 0 Å². The van der Waals surface area contributed by atoms with Crippen LogP contribution >= 0.6 is 35.1 Å². The molecule has 1 aromatic heterocycles. The van der Waals surface area contributed by atoms with Gasteiger partial charge in [0.25, 0.3) is 0 Å². The summed E-state index contributed by atoms with van der Waals surface area (Å²) in [7, 11) is 1.61. The maximum atomic E-state index is 14.0. The molecule has 38 heavy (non-hydrogen) atoms. The second kappa shape index (κ2) is 13.7. The van der Waals surface area contributed by atoms with E-state index in [-0.39, 0.29) is 30.1 Å². The monoisotopic (exact) mass is 572 g/mol. The van der Waals surface area contributed by atoms with Crippen LogP contribution in [-0.4, -0.2) is 40.1 Å². The summed E-state index contributed by atoms with van der Waals surface area (Å²) in [4.78, 5) is 14.8. The van der Waals surface area contributed by atoms with Gasteiger partial charge in [-0.15, -0.1) is 10.2 Å². The largest absolute Gasteiger partial charge is 0.483 e. The van der Waals surface area contributed by atoms with Gasteiger partial charge in [0, 0.05) is 21.9 Å². The highest BCUT2D eigenvalue weighted by molar-refractivity contribution is 8.00. The number of carbonyl (C=O) groups excluding carboxylic acids is 1. The molecule has 0 radical (unpaired) electrons. The number of nitrogens with zero attached hydrogens (tertiary/aromatic N) is 3. The molecule has 0 saturated carbocycles. The van der Waals surface area contributed by atoms with Crippen molar-refractivity contribution in [3.8, 4) is 5.75 Å². The maximum Gasteiger partial charge on any atom is 0.234 e. The number of thioether (sulfide) groups is 1. The number of halogens is 2. The van der Waals surface area contributed by atoms with Gasteiger partial charge >= 0.3 is 0 Å². The number of nitrogens with one attached hydrogen (secondary N) is 1. The van der Waals surface area contributed by atoms with Crippen LogP contribution in [0.2, 0.25) is 5.02 Å². The first-order valence-electron chi connectivity index (χ1n) is 11.7. The van der Waals surface area contributed by atoms with Crippen molar-refractivity contribution in [3.63, 3.8) is 0 Å². The Kier molecular flexibility index (Phi) is 10.1. The van der Waals surface area contributed by atoms with Gasteiger partial charge < -0.3 is 14.8 Å². The van der Waals surface area contributed by atoms with Crippen LogP contribution in [0.3, 0.4) is 0 Å². The van der Waals surface area contributed by atoms with Crippen LogP contribution in [0.4, 0.5) is 10.1 Å². The Morgan fingerprint density at radius 2 is 1.82 bits per heavy atom. The zero-order chi connectivity index (χ0) is 26.9. The molecule has 0 bridgehead atoms. The summed E-state index contributed by atoms with van der Waals surface area (Å²) in [6.45, 7) is 2.37. The Morgan fingerprint density at radius 3 is 2.58 bits per heavy atom. The molecule has 0 spiro atoms. The molecular weight excluding hydrogens is 547 g/mol. The molecule has 11 heteroatoms. The first-order valence-corrected chi connectivity index (χ1v) is 13.9. The van der Waals surface area contributed by atoms with E-state index >= 15 is 0 Å². The molecule has 3 aromatic carbocycles. The first kappa shape index (κ1) is 28.0. The van der Waals surface area contributed by atoms with Crippen molar-refractivity contribution in [3.05, 3.63) is 89.5 Å². The summed E-state index contributed by atoms with van der Waals surface area (Å²) >= 11 is 8.79. The van der Waals surface area contributed by atoms with E-state index in [4.69, 9.17) is 21.1 Å². The number of methoxy groups -OCH3 is 1. The Labute approximate surface area is 234 Å². The average molecular weight is 573 g/mol. The highest BCUT2D eigenvalue weighted by atomic mass is 35.5. The van der Waals surface area contributed by atoms with Crippen molar-refractivity contribution in [1.82, 2.24) is 14.8 Å². The van der Waals surface area contributed by atoms with Gasteiger partial charge in [0.15, 0.2) is 22.5 Å². The summed E-state index contributed by atoms with van der Waals surface area (Å²) in [6.07, 6.45) is 0. The predicted octanol–water partition coefficient (Wildman–Crippen LogP) is 6.74. The lowest BCUT2D eigenvalue weighted by Crippen LogP contribution is -2.18. The average Bonchev–Trinajstić information content (AvgIpc) is 3.32. The summed E-state index contributed by atoms with van der Waals surface area (Å²) in [5, 5.41) is 12.7. The third kappa shape index (κ3) is 7.50. The van der Waals surface area contributed by atoms with Crippen LogP contribution in [0.25, 0.3) is 0 Å². The minimum atomic E-state index is -0.454. The lowest BCUT2D eigenvalue weighted by Gasteiger charge is -2.17. The Morgan fingerprint density at radius 1 is 1.08 bits per heavy atom. The Balaban J connectivity index is 1.42. The summed E-state index contributed by atoms with van der Waals surface area (Å²) in [5.41, 5.74) is 0.714. The van der Waals surface area contributed by atoms with E-state index in [0.717, 1.165) is 9.79 Å². The fourth-order valence-electron chi connectivity index (χ4n) is 3.57. The number of hydrogen-bond acceptors (Lipinski definition) is 7. The Bertz CT molecular complexity index is 1370. The van der Waals surface area contributed by atoms with E-state index in [0.29, 0.717) is 28.3 Å². The fourth-order valence-corrected chi connectivity index (χ4v) is 5.45. The predicted molar refractivity (Wildman–Crippen MR) is 149 cm³/mol. The molecule has 1 N–H and O–H groups in total. The fraction of sp³-hybridized carbons (Fsp3) is 0.222. The summed E-state index contributed by atoms with van der Waals surface area (Å²) in [6, 6.07) is 21.2. The molecule has 4 rings (SSSR count). The van der Waals surface area contributed by atoms with Gasteiger partial charge in [-0.25, -0.2) is 4.39 Å². The molecule has 0 fully saturated rings. The van der Waals surface area contributed by atoms with Crippen molar-refractivity contribution >= 4 is 46.7 Å². The lowest BCUT2D eigenvalue weighted by atomic mass is 10.3. The maximum absolute atomic E-state index is 14.0. The molecule has 4 aromatic rings. The first-order chi connectivity index (χ1) is 18.4. The van der Waals surface area contributed by atoms with E-state index in [1.165, 1.54) is 29.6 Å². The van der Waals surface area contributed by atoms with Crippen LogP contribution in [0, 0.1) is 5.82 Å². The van der Waals surface area contributed by atoms with Gasteiger partial charge in [-0.3, -0.25) is 9.36 Å². The van der Waals surface area contributed by atoms with E-state index in [2.05, 4.69) is 15.5 Å². The summed E-state index contributed by atoms with van der Waals surface area (Å²) in [5.74, 6) is 0.114. The third-order valence-corrected chi connectivity index (χ3v) is 7.59. The minimum absolute atomic E-state index is 0.0179. The van der Waals surface area contributed by atoms with Crippen molar-refractivity contribution in [2.45, 2.75) is 34.5 Å². The van der Waals surface area contributed by atoms with Crippen LogP contribution in [0.5, 0.6) is 5.75 Å². The molecule has 0 aliphatic rings.